The fourth-order valence-corrected chi connectivity index (χ4v) is 2.04. The highest BCUT2D eigenvalue weighted by Gasteiger charge is 2.17. The molecule has 0 fully saturated rings. The molecule has 0 aliphatic heterocycles. The summed E-state index contributed by atoms with van der Waals surface area (Å²) in [6.07, 6.45) is 2.30. The Labute approximate surface area is 149 Å². The number of allylic oxidation sites excluding steroid dienone is 1. The number of aromatic nitrogens is 1. The van der Waals surface area contributed by atoms with Crippen molar-refractivity contribution in [3.8, 4) is 0 Å². The largest absolute Gasteiger partial charge is 0.463 e. The Bertz CT molecular complexity index is 628. The summed E-state index contributed by atoms with van der Waals surface area (Å²) in [7, 11) is 0. The molecule has 0 bridgehead atoms. The molecule has 1 rings (SSSR count). The molecule has 0 spiro atoms. The van der Waals surface area contributed by atoms with Gasteiger partial charge in [-0.1, -0.05) is 18.6 Å². The van der Waals surface area contributed by atoms with Crippen LogP contribution in [0.5, 0.6) is 0 Å². The third kappa shape index (κ3) is 7.37. The number of carbonyl (C=O) groups is 2. The van der Waals surface area contributed by atoms with Crippen LogP contribution in [0.1, 0.15) is 53.5 Å². The molecule has 0 aliphatic rings. The Hall–Kier alpha value is -2.37. The Balaban J connectivity index is 2.81. The van der Waals surface area contributed by atoms with E-state index in [0.29, 0.717) is 24.4 Å². The lowest BCUT2D eigenvalue weighted by Gasteiger charge is -2.19. The molecular formula is C19H28N2O4. The number of anilines is 1. The van der Waals surface area contributed by atoms with Crippen molar-refractivity contribution in [1.29, 1.82) is 0 Å². The van der Waals surface area contributed by atoms with Crippen molar-refractivity contribution in [2.24, 2.45) is 0 Å². The average Bonchev–Trinajstić information content (AvgIpc) is 2.51. The predicted octanol–water partition coefficient (Wildman–Crippen LogP) is 4.26. The maximum absolute atomic E-state index is 12.1. The lowest BCUT2D eigenvalue weighted by Crippen LogP contribution is -2.27. The molecule has 0 saturated heterocycles. The molecule has 0 unspecified atom stereocenters. The number of rotatable bonds is 6. The molecule has 6 nitrogen and oxygen atoms in total. The summed E-state index contributed by atoms with van der Waals surface area (Å²) in [6, 6.07) is 3.51. The summed E-state index contributed by atoms with van der Waals surface area (Å²) in [6.45, 7) is 11.4. The number of hydrogen-bond donors (Lipinski definition) is 1. The van der Waals surface area contributed by atoms with E-state index in [1.165, 1.54) is 0 Å². The summed E-state index contributed by atoms with van der Waals surface area (Å²) < 4.78 is 10.3. The van der Waals surface area contributed by atoms with E-state index in [-0.39, 0.29) is 5.97 Å². The first-order chi connectivity index (χ1) is 11.7. The molecule has 1 aromatic rings. The van der Waals surface area contributed by atoms with Crippen LogP contribution in [-0.2, 0) is 20.7 Å². The Morgan fingerprint density at radius 3 is 2.36 bits per heavy atom. The average molecular weight is 348 g/mol. The lowest BCUT2D eigenvalue weighted by atomic mass is 10.0. The SMILES string of the molecule is CCOC(=O)C(Cc1ccc(NC(=O)OC(C)(C)C)nc1)=C(C)CC. The van der Waals surface area contributed by atoms with Crippen LogP contribution in [-0.4, -0.2) is 29.3 Å². The van der Waals surface area contributed by atoms with E-state index in [1.807, 2.05) is 19.9 Å². The van der Waals surface area contributed by atoms with Crippen molar-refractivity contribution in [1.82, 2.24) is 4.98 Å². The van der Waals surface area contributed by atoms with E-state index in [9.17, 15) is 9.59 Å². The van der Waals surface area contributed by atoms with Gasteiger partial charge in [0, 0.05) is 18.2 Å². The molecule has 6 heteroatoms. The molecule has 1 heterocycles. The van der Waals surface area contributed by atoms with Gasteiger partial charge < -0.3 is 9.47 Å². The molecule has 0 saturated carbocycles. The topological polar surface area (TPSA) is 77.5 Å². The van der Waals surface area contributed by atoms with E-state index in [2.05, 4.69) is 10.3 Å². The highest BCUT2D eigenvalue weighted by molar-refractivity contribution is 5.89. The summed E-state index contributed by atoms with van der Waals surface area (Å²) in [5.41, 5.74) is 1.94. The summed E-state index contributed by atoms with van der Waals surface area (Å²) in [5, 5.41) is 2.58. The van der Waals surface area contributed by atoms with Gasteiger partial charge in [-0.3, -0.25) is 5.32 Å². The quantitative estimate of drug-likeness (QED) is 0.614. The van der Waals surface area contributed by atoms with Crippen molar-refractivity contribution in [2.75, 3.05) is 11.9 Å². The van der Waals surface area contributed by atoms with Gasteiger partial charge in [0.2, 0.25) is 0 Å². The van der Waals surface area contributed by atoms with Crippen LogP contribution in [0.25, 0.3) is 0 Å². The zero-order chi connectivity index (χ0) is 19.0. The molecule has 0 aromatic carbocycles. The van der Waals surface area contributed by atoms with Crippen molar-refractivity contribution in [3.05, 3.63) is 35.0 Å². The van der Waals surface area contributed by atoms with Crippen LogP contribution in [0, 0.1) is 0 Å². The number of hydrogen-bond acceptors (Lipinski definition) is 5. The van der Waals surface area contributed by atoms with Gasteiger partial charge in [0.15, 0.2) is 0 Å². The molecule has 0 atom stereocenters. The smallest absolute Gasteiger partial charge is 0.413 e. The van der Waals surface area contributed by atoms with Gasteiger partial charge in [-0.15, -0.1) is 0 Å². The van der Waals surface area contributed by atoms with E-state index in [0.717, 1.165) is 17.6 Å². The van der Waals surface area contributed by atoms with Gasteiger partial charge in [-0.25, -0.2) is 14.6 Å². The molecule has 0 aliphatic carbocycles. The molecule has 1 N–H and O–H groups in total. The summed E-state index contributed by atoms with van der Waals surface area (Å²) in [4.78, 5) is 28.1. The summed E-state index contributed by atoms with van der Waals surface area (Å²) in [5.74, 6) is 0.102. The van der Waals surface area contributed by atoms with Gasteiger partial charge in [-0.2, -0.15) is 0 Å². The van der Waals surface area contributed by atoms with Crippen molar-refractivity contribution in [3.63, 3.8) is 0 Å². The van der Waals surface area contributed by atoms with Crippen LogP contribution in [0.2, 0.25) is 0 Å². The minimum absolute atomic E-state index is 0.294. The third-order valence-electron chi connectivity index (χ3n) is 3.40. The first-order valence-electron chi connectivity index (χ1n) is 8.47. The van der Waals surface area contributed by atoms with Crippen LogP contribution < -0.4 is 5.32 Å². The van der Waals surface area contributed by atoms with Gasteiger partial charge in [0.25, 0.3) is 0 Å². The van der Waals surface area contributed by atoms with Gasteiger partial charge >= 0.3 is 12.1 Å². The van der Waals surface area contributed by atoms with Gasteiger partial charge in [0.05, 0.1) is 6.61 Å². The second-order valence-corrected chi connectivity index (χ2v) is 6.69. The number of esters is 1. The van der Waals surface area contributed by atoms with Gasteiger partial charge in [-0.05, 0) is 52.7 Å². The second-order valence-electron chi connectivity index (χ2n) is 6.69. The highest BCUT2D eigenvalue weighted by atomic mass is 16.6. The maximum atomic E-state index is 12.1. The minimum atomic E-state index is -0.568. The van der Waals surface area contributed by atoms with Crippen LogP contribution in [0.15, 0.2) is 29.5 Å². The molecule has 138 valence electrons. The fraction of sp³-hybridized carbons (Fsp3) is 0.526. The molecule has 1 amide bonds. The third-order valence-corrected chi connectivity index (χ3v) is 3.40. The number of pyridine rings is 1. The van der Waals surface area contributed by atoms with Crippen molar-refractivity contribution in [2.45, 2.75) is 60.0 Å². The predicted molar refractivity (Wildman–Crippen MR) is 97.4 cm³/mol. The fourth-order valence-electron chi connectivity index (χ4n) is 2.04. The zero-order valence-electron chi connectivity index (χ0n) is 15.9. The minimum Gasteiger partial charge on any atom is -0.463 e. The second kappa shape index (κ2) is 9.20. The molecule has 0 radical (unpaired) electrons. The van der Waals surface area contributed by atoms with E-state index < -0.39 is 11.7 Å². The van der Waals surface area contributed by atoms with Crippen molar-refractivity contribution < 1.29 is 19.1 Å². The van der Waals surface area contributed by atoms with Gasteiger partial charge in [0.1, 0.15) is 11.4 Å². The standard InChI is InChI=1S/C19H28N2O4/c1-7-13(3)15(17(22)24-8-2)11-14-9-10-16(20-12-14)21-18(23)25-19(4,5)6/h9-10,12H,7-8,11H2,1-6H3,(H,20,21,23). The Morgan fingerprint density at radius 2 is 1.88 bits per heavy atom. The van der Waals surface area contributed by atoms with E-state index >= 15 is 0 Å². The number of nitrogens with one attached hydrogen (secondary N) is 1. The van der Waals surface area contributed by atoms with Crippen LogP contribution >= 0.6 is 0 Å². The number of amides is 1. The molecular weight excluding hydrogens is 320 g/mol. The Morgan fingerprint density at radius 1 is 1.20 bits per heavy atom. The maximum Gasteiger partial charge on any atom is 0.413 e. The highest BCUT2D eigenvalue weighted by Crippen LogP contribution is 2.17. The van der Waals surface area contributed by atoms with E-state index in [1.54, 1.807) is 40.0 Å². The van der Waals surface area contributed by atoms with Crippen LogP contribution in [0.3, 0.4) is 0 Å². The molecule has 1 aromatic heterocycles. The van der Waals surface area contributed by atoms with Crippen LogP contribution in [0.4, 0.5) is 10.6 Å². The summed E-state index contributed by atoms with van der Waals surface area (Å²) >= 11 is 0. The van der Waals surface area contributed by atoms with E-state index in [4.69, 9.17) is 9.47 Å². The first kappa shape index (κ1) is 20.7. The Kier molecular flexibility index (Phi) is 7.61. The number of nitrogens with zero attached hydrogens (tertiary/aromatic N) is 1. The lowest BCUT2D eigenvalue weighted by molar-refractivity contribution is -0.138. The molecule has 25 heavy (non-hydrogen) atoms. The number of carbonyl (C=O) groups excluding carboxylic acids is 2. The monoisotopic (exact) mass is 348 g/mol. The zero-order valence-corrected chi connectivity index (χ0v) is 15.9. The number of ether oxygens (including phenoxy) is 2. The first-order valence-corrected chi connectivity index (χ1v) is 8.47. The van der Waals surface area contributed by atoms with Crippen molar-refractivity contribution >= 4 is 17.9 Å². The normalized spacial score (nSPS) is 12.2.